The molecule has 1 aromatic rings. The summed E-state index contributed by atoms with van der Waals surface area (Å²) in [5.74, 6) is 0. The fourth-order valence-corrected chi connectivity index (χ4v) is 2.53. The number of halogens is 5. The number of amides is 2. The van der Waals surface area contributed by atoms with Crippen molar-refractivity contribution in [1.29, 1.82) is 0 Å². The zero-order valence-corrected chi connectivity index (χ0v) is 14.4. The summed E-state index contributed by atoms with van der Waals surface area (Å²) < 4.78 is 38.9. The first kappa shape index (κ1) is 20.0. The van der Waals surface area contributed by atoms with Crippen molar-refractivity contribution in [2.45, 2.75) is 31.1 Å². The molecule has 0 aromatic heterocycles. The summed E-state index contributed by atoms with van der Waals surface area (Å²) in [4.78, 5) is 16.6. The normalized spacial score (nSPS) is 24.0. The molecule has 2 amide bonds. The number of alkyl halides is 3. The Labute approximate surface area is 151 Å². The Morgan fingerprint density at radius 2 is 2.00 bits per heavy atom. The molecule has 7 nitrogen and oxygen atoms in total. The van der Waals surface area contributed by atoms with E-state index in [0.717, 1.165) is 0 Å². The molecule has 3 unspecified atom stereocenters. The van der Waals surface area contributed by atoms with Crippen molar-refractivity contribution in [3.8, 4) is 0 Å². The number of anilines is 1. The quantitative estimate of drug-likeness (QED) is 0.500. The van der Waals surface area contributed by atoms with Gasteiger partial charge in [0.05, 0.1) is 23.3 Å². The van der Waals surface area contributed by atoms with E-state index in [1.165, 1.54) is 25.3 Å². The molecule has 1 saturated heterocycles. The topological polar surface area (TPSA) is 86.5 Å². The van der Waals surface area contributed by atoms with Crippen molar-refractivity contribution in [2.24, 2.45) is 0 Å². The molecule has 0 aliphatic carbocycles. The Bertz CT molecular complexity index is 620. The van der Waals surface area contributed by atoms with Crippen molar-refractivity contribution in [1.82, 2.24) is 21.4 Å². The van der Waals surface area contributed by atoms with Gasteiger partial charge in [-0.2, -0.15) is 18.7 Å². The lowest BCUT2D eigenvalue weighted by molar-refractivity contribution is -0.171. The fraction of sp³-hybridized carbons (Fsp3) is 0.462. The van der Waals surface area contributed by atoms with Crippen LogP contribution in [0.4, 0.5) is 23.7 Å². The second kappa shape index (κ2) is 8.39. The van der Waals surface area contributed by atoms with E-state index >= 15 is 0 Å². The van der Waals surface area contributed by atoms with Gasteiger partial charge in [-0.3, -0.25) is 10.6 Å². The average molecular weight is 402 g/mol. The van der Waals surface area contributed by atoms with Crippen LogP contribution in [-0.2, 0) is 4.84 Å². The van der Waals surface area contributed by atoms with Crippen LogP contribution in [0.3, 0.4) is 0 Å². The van der Waals surface area contributed by atoms with E-state index in [4.69, 9.17) is 23.2 Å². The lowest BCUT2D eigenvalue weighted by Gasteiger charge is -2.38. The molecule has 0 saturated carbocycles. The Morgan fingerprint density at radius 3 is 2.60 bits per heavy atom. The van der Waals surface area contributed by atoms with Crippen LogP contribution in [0.15, 0.2) is 18.2 Å². The van der Waals surface area contributed by atoms with E-state index < -0.39 is 30.7 Å². The molecule has 0 radical (unpaired) electrons. The zero-order chi connectivity index (χ0) is 18.6. The van der Waals surface area contributed by atoms with Crippen LogP contribution >= 0.6 is 23.2 Å². The molecule has 5 N–H and O–H groups in total. The van der Waals surface area contributed by atoms with Crippen molar-refractivity contribution >= 4 is 34.9 Å². The standard InChI is InChI=1S/C13H16Cl2F3N5O2/c1-25-23-10-5-9(13(16,17)18)20-11(21-10)22-12(24)19-6-2-3-7(14)8(15)4-6/h2-4,9-11,20-21,23H,5H2,1H3,(H2,19,22,24). The summed E-state index contributed by atoms with van der Waals surface area (Å²) in [6, 6.07) is 1.84. The number of hydroxylamine groups is 1. The van der Waals surface area contributed by atoms with Crippen LogP contribution in [0.25, 0.3) is 0 Å². The second-order valence-corrected chi connectivity index (χ2v) is 6.01. The highest BCUT2D eigenvalue weighted by Gasteiger charge is 2.45. The predicted molar refractivity (Wildman–Crippen MR) is 87.1 cm³/mol. The molecule has 1 aliphatic heterocycles. The molecule has 1 aliphatic rings. The van der Waals surface area contributed by atoms with Crippen LogP contribution in [0.5, 0.6) is 0 Å². The van der Waals surface area contributed by atoms with Gasteiger partial charge in [-0.05, 0) is 18.2 Å². The van der Waals surface area contributed by atoms with Gasteiger partial charge in [0.2, 0.25) is 0 Å². The first-order valence-electron chi connectivity index (χ1n) is 7.09. The molecule has 0 spiro atoms. The van der Waals surface area contributed by atoms with Gasteiger partial charge in [0.25, 0.3) is 0 Å². The molecule has 12 heteroatoms. The third-order valence-corrected chi connectivity index (χ3v) is 4.05. The minimum absolute atomic E-state index is 0.231. The third kappa shape index (κ3) is 5.87. The zero-order valence-electron chi connectivity index (χ0n) is 12.9. The van der Waals surface area contributed by atoms with Gasteiger partial charge in [0.1, 0.15) is 12.3 Å². The molecule has 3 atom stereocenters. The minimum atomic E-state index is -4.48. The van der Waals surface area contributed by atoms with E-state index in [1.54, 1.807) is 0 Å². The van der Waals surface area contributed by atoms with Crippen molar-refractivity contribution in [3.63, 3.8) is 0 Å². The number of rotatable bonds is 4. The minimum Gasteiger partial charge on any atom is -0.310 e. The summed E-state index contributed by atoms with van der Waals surface area (Å²) in [6.07, 6.45) is -6.75. The molecule has 2 rings (SSSR count). The van der Waals surface area contributed by atoms with Crippen LogP contribution < -0.4 is 26.7 Å². The third-order valence-electron chi connectivity index (χ3n) is 3.32. The Balaban J connectivity index is 1.98. The van der Waals surface area contributed by atoms with Gasteiger partial charge in [-0.1, -0.05) is 23.2 Å². The molecule has 1 aromatic carbocycles. The van der Waals surface area contributed by atoms with Crippen LogP contribution in [0.2, 0.25) is 10.0 Å². The van der Waals surface area contributed by atoms with Gasteiger partial charge in [0, 0.05) is 12.1 Å². The number of benzene rings is 1. The highest BCUT2D eigenvalue weighted by atomic mass is 35.5. The molecule has 25 heavy (non-hydrogen) atoms. The van der Waals surface area contributed by atoms with Gasteiger partial charge in [-0.15, -0.1) is 0 Å². The summed E-state index contributed by atoms with van der Waals surface area (Å²) in [7, 11) is 1.28. The molecular formula is C13H16Cl2F3N5O2. The number of urea groups is 1. The first-order chi connectivity index (χ1) is 11.7. The SMILES string of the molecule is CONC1CC(C(F)(F)F)NC(NC(=O)Nc2ccc(Cl)c(Cl)c2)N1. The van der Waals surface area contributed by atoms with Gasteiger partial charge in [-0.25, -0.2) is 4.79 Å². The number of nitrogens with one attached hydrogen (secondary N) is 5. The highest BCUT2D eigenvalue weighted by molar-refractivity contribution is 6.42. The van der Waals surface area contributed by atoms with Crippen LogP contribution in [-0.4, -0.2) is 37.8 Å². The van der Waals surface area contributed by atoms with Crippen LogP contribution in [0, 0.1) is 0 Å². The summed E-state index contributed by atoms with van der Waals surface area (Å²) >= 11 is 11.6. The lowest BCUT2D eigenvalue weighted by atomic mass is 10.1. The second-order valence-electron chi connectivity index (χ2n) is 5.20. The molecular weight excluding hydrogens is 386 g/mol. The molecule has 0 bridgehead atoms. The monoisotopic (exact) mass is 401 g/mol. The first-order valence-corrected chi connectivity index (χ1v) is 7.84. The molecule has 1 heterocycles. The summed E-state index contributed by atoms with van der Waals surface area (Å²) in [6.45, 7) is 0. The molecule has 1 fully saturated rings. The Kier molecular flexibility index (Phi) is 6.72. The Hall–Kier alpha value is -1.30. The summed E-state index contributed by atoms with van der Waals surface area (Å²) in [5.41, 5.74) is 2.73. The van der Waals surface area contributed by atoms with E-state index in [-0.39, 0.29) is 11.4 Å². The van der Waals surface area contributed by atoms with Gasteiger partial charge in [0.15, 0.2) is 0 Å². The van der Waals surface area contributed by atoms with Crippen molar-refractivity contribution in [3.05, 3.63) is 28.2 Å². The van der Waals surface area contributed by atoms with E-state index in [0.29, 0.717) is 10.7 Å². The maximum atomic E-state index is 13.0. The van der Waals surface area contributed by atoms with Gasteiger partial charge >= 0.3 is 12.2 Å². The maximum absolute atomic E-state index is 13.0. The molecule has 140 valence electrons. The number of hydrogen-bond acceptors (Lipinski definition) is 5. The summed E-state index contributed by atoms with van der Waals surface area (Å²) in [5, 5.41) is 10.3. The van der Waals surface area contributed by atoms with E-state index in [2.05, 4.69) is 31.6 Å². The largest absolute Gasteiger partial charge is 0.404 e. The smallest absolute Gasteiger partial charge is 0.310 e. The van der Waals surface area contributed by atoms with Crippen LogP contribution in [0.1, 0.15) is 6.42 Å². The number of carbonyl (C=O) groups excluding carboxylic acids is 1. The van der Waals surface area contributed by atoms with Crippen molar-refractivity contribution in [2.75, 3.05) is 12.4 Å². The predicted octanol–water partition coefficient (Wildman–Crippen LogP) is 2.39. The van der Waals surface area contributed by atoms with Gasteiger partial charge < -0.3 is 15.5 Å². The highest BCUT2D eigenvalue weighted by Crippen LogP contribution is 2.26. The van der Waals surface area contributed by atoms with E-state index in [9.17, 15) is 18.0 Å². The average Bonchev–Trinajstić information content (AvgIpc) is 2.50. The number of carbonyl (C=O) groups is 1. The maximum Gasteiger partial charge on any atom is 0.404 e. The lowest BCUT2D eigenvalue weighted by Crippen LogP contribution is -2.70. The van der Waals surface area contributed by atoms with E-state index in [1.807, 2.05) is 0 Å². The fourth-order valence-electron chi connectivity index (χ4n) is 2.23. The van der Waals surface area contributed by atoms with Crippen molar-refractivity contribution < 1.29 is 22.8 Å². The Morgan fingerprint density at radius 1 is 1.28 bits per heavy atom. The number of hydrogen-bond donors (Lipinski definition) is 5.